The highest BCUT2D eigenvalue weighted by atomic mass is 15.0. The maximum absolute atomic E-state index is 5.66. The zero-order valence-corrected chi connectivity index (χ0v) is 7.41. The van der Waals surface area contributed by atoms with Gasteiger partial charge in [-0.15, -0.1) is 0 Å². The van der Waals surface area contributed by atoms with Crippen LogP contribution >= 0.6 is 0 Å². The van der Waals surface area contributed by atoms with Crippen molar-refractivity contribution in [3.8, 4) is 11.4 Å². The molecule has 1 heterocycles. The third kappa shape index (κ3) is 1.40. The molecule has 3 nitrogen and oxygen atoms in total. The van der Waals surface area contributed by atoms with Crippen LogP contribution in [0.4, 0.5) is 5.82 Å². The third-order valence-corrected chi connectivity index (χ3v) is 1.97. The summed E-state index contributed by atoms with van der Waals surface area (Å²) < 4.78 is 0. The van der Waals surface area contributed by atoms with Gasteiger partial charge in [-0.05, 0) is 6.92 Å². The number of benzene rings is 1. The number of aryl methyl sites for hydroxylation is 1. The highest BCUT2D eigenvalue weighted by molar-refractivity contribution is 5.58. The number of imidazole rings is 1. The topological polar surface area (TPSA) is 54.7 Å². The second-order valence-corrected chi connectivity index (χ2v) is 2.95. The molecular weight excluding hydrogens is 162 g/mol. The van der Waals surface area contributed by atoms with Crippen LogP contribution in [0.1, 0.15) is 5.69 Å². The van der Waals surface area contributed by atoms with Crippen LogP contribution in [-0.4, -0.2) is 9.97 Å². The molecule has 0 aliphatic heterocycles. The van der Waals surface area contributed by atoms with Crippen molar-refractivity contribution in [1.82, 2.24) is 9.97 Å². The summed E-state index contributed by atoms with van der Waals surface area (Å²) in [6, 6.07) is 9.92. The highest BCUT2D eigenvalue weighted by Gasteiger charge is 2.03. The fraction of sp³-hybridized carbons (Fsp3) is 0.100. The first-order valence-corrected chi connectivity index (χ1v) is 4.15. The number of nitrogens with zero attached hydrogens (tertiary/aromatic N) is 1. The number of anilines is 1. The van der Waals surface area contributed by atoms with E-state index in [4.69, 9.17) is 5.73 Å². The minimum Gasteiger partial charge on any atom is -0.384 e. The fourth-order valence-electron chi connectivity index (χ4n) is 1.21. The lowest BCUT2D eigenvalue weighted by Crippen LogP contribution is -1.85. The Kier molecular flexibility index (Phi) is 1.77. The minimum atomic E-state index is 0.638. The van der Waals surface area contributed by atoms with Crippen LogP contribution in [0, 0.1) is 6.92 Å². The predicted molar refractivity (Wildman–Crippen MR) is 53.2 cm³/mol. The minimum absolute atomic E-state index is 0.638. The van der Waals surface area contributed by atoms with Gasteiger partial charge < -0.3 is 10.7 Å². The van der Waals surface area contributed by atoms with Gasteiger partial charge in [0, 0.05) is 5.56 Å². The molecule has 2 aromatic rings. The summed E-state index contributed by atoms with van der Waals surface area (Å²) in [6.45, 7) is 1.89. The molecule has 2 rings (SSSR count). The number of aromatic nitrogens is 2. The SMILES string of the molecule is Cc1nc(-c2ccccc2)[nH]c1N. The van der Waals surface area contributed by atoms with Crippen molar-refractivity contribution >= 4 is 5.82 Å². The van der Waals surface area contributed by atoms with Gasteiger partial charge in [0.1, 0.15) is 11.6 Å². The van der Waals surface area contributed by atoms with E-state index in [2.05, 4.69) is 9.97 Å². The standard InChI is InChI=1S/C10H11N3/c1-7-9(11)13-10(12-7)8-5-3-2-4-6-8/h2-6H,11H2,1H3,(H,12,13). The lowest BCUT2D eigenvalue weighted by Gasteiger charge is -1.93. The molecule has 0 unspecified atom stereocenters. The molecule has 0 saturated carbocycles. The molecule has 3 heteroatoms. The number of rotatable bonds is 1. The maximum Gasteiger partial charge on any atom is 0.139 e. The molecule has 0 spiro atoms. The van der Waals surface area contributed by atoms with E-state index in [1.807, 2.05) is 37.3 Å². The molecule has 0 radical (unpaired) electrons. The third-order valence-electron chi connectivity index (χ3n) is 1.97. The smallest absolute Gasteiger partial charge is 0.139 e. The van der Waals surface area contributed by atoms with Crippen molar-refractivity contribution in [3.05, 3.63) is 36.0 Å². The van der Waals surface area contributed by atoms with Gasteiger partial charge in [0.05, 0.1) is 5.69 Å². The average molecular weight is 173 g/mol. The zero-order chi connectivity index (χ0) is 9.26. The number of nitrogens with two attached hydrogens (primary N) is 1. The summed E-state index contributed by atoms with van der Waals surface area (Å²) in [6.07, 6.45) is 0. The summed E-state index contributed by atoms with van der Waals surface area (Å²) in [5.41, 5.74) is 7.56. The molecule has 0 aliphatic carbocycles. The summed E-state index contributed by atoms with van der Waals surface area (Å²) in [7, 11) is 0. The Morgan fingerprint density at radius 2 is 1.92 bits per heavy atom. The maximum atomic E-state index is 5.66. The van der Waals surface area contributed by atoms with Crippen LogP contribution in [0.5, 0.6) is 0 Å². The second-order valence-electron chi connectivity index (χ2n) is 2.95. The average Bonchev–Trinajstić information content (AvgIpc) is 2.49. The van der Waals surface area contributed by atoms with Crippen LogP contribution in [0.2, 0.25) is 0 Å². The normalized spacial score (nSPS) is 10.2. The largest absolute Gasteiger partial charge is 0.384 e. The Balaban J connectivity index is 2.48. The van der Waals surface area contributed by atoms with Crippen LogP contribution in [0.25, 0.3) is 11.4 Å². The van der Waals surface area contributed by atoms with Gasteiger partial charge in [-0.25, -0.2) is 4.98 Å². The second kappa shape index (κ2) is 2.94. The van der Waals surface area contributed by atoms with Crippen molar-refractivity contribution in [2.24, 2.45) is 0 Å². The van der Waals surface area contributed by atoms with Gasteiger partial charge in [0.2, 0.25) is 0 Å². The molecule has 0 amide bonds. The number of nitrogens with one attached hydrogen (secondary N) is 1. The summed E-state index contributed by atoms with van der Waals surface area (Å²) in [5.74, 6) is 1.47. The van der Waals surface area contributed by atoms with Gasteiger partial charge in [-0.2, -0.15) is 0 Å². The Morgan fingerprint density at radius 1 is 1.23 bits per heavy atom. The summed E-state index contributed by atoms with van der Waals surface area (Å²) in [5, 5.41) is 0. The van der Waals surface area contributed by atoms with Crippen LogP contribution in [-0.2, 0) is 0 Å². The van der Waals surface area contributed by atoms with Gasteiger partial charge in [-0.3, -0.25) is 0 Å². The van der Waals surface area contributed by atoms with E-state index in [-0.39, 0.29) is 0 Å². The van der Waals surface area contributed by atoms with Gasteiger partial charge >= 0.3 is 0 Å². The monoisotopic (exact) mass is 173 g/mol. The molecule has 66 valence electrons. The number of hydrogen-bond acceptors (Lipinski definition) is 2. The zero-order valence-electron chi connectivity index (χ0n) is 7.41. The first kappa shape index (κ1) is 7.86. The van der Waals surface area contributed by atoms with Crippen LogP contribution in [0.3, 0.4) is 0 Å². The quantitative estimate of drug-likeness (QED) is 0.692. The lowest BCUT2D eigenvalue weighted by atomic mass is 10.2. The van der Waals surface area contributed by atoms with E-state index in [9.17, 15) is 0 Å². The van der Waals surface area contributed by atoms with Crippen molar-refractivity contribution in [2.45, 2.75) is 6.92 Å². The van der Waals surface area contributed by atoms with E-state index < -0.39 is 0 Å². The van der Waals surface area contributed by atoms with Gasteiger partial charge in [0.25, 0.3) is 0 Å². The predicted octanol–water partition coefficient (Wildman–Crippen LogP) is 1.97. The van der Waals surface area contributed by atoms with Crippen molar-refractivity contribution in [1.29, 1.82) is 0 Å². The number of hydrogen-bond donors (Lipinski definition) is 2. The Bertz CT molecular complexity index is 384. The first-order valence-electron chi connectivity index (χ1n) is 4.15. The molecule has 0 atom stereocenters. The molecule has 3 N–H and O–H groups in total. The fourth-order valence-corrected chi connectivity index (χ4v) is 1.21. The molecule has 0 bridgehead atoms. The number of H-pyrrole nitrogens is 1. The summed E-state index contributed by atoms with van der Waals surface area (Å²) >= 11 is 0. The van der Waals surface area contributed by atoms with E-state index in [1.54, 1.807) is 0 Å². The van der Waals surface area contributed by atoms with E-state index in [0.717, 1.165) is 17.1 Å². The highest BCUT2D eigenvalue weighted by Crippen LogP contribution is 2.17. The van der Waals surface area contributed by atoms with Crippen LogP contribution < -0.4 is 5.73 Å². The Labute approximate surface area is 76.6 Å². The lowest BCUT2D eigenvalue weighted by molar-refractivity contribution is 1.26. The van der Waals surface area contributed by atoms with E-state index in [0.29, 0.717) is 5.82 Å². The molecule has 1 aromatic carbocycles. The molecule has 0 fully saturated rings. The molecule has 0 aliphatic rings. The number of nitrogen functional groups attached to an aromatic ring is 1. The molecule has 0 saturated heterocycles. The molecular formula is C10H11N3. The van der Waals surface area contributed by atoms with Crippen molar-refractivity contribution in [3.63, 3.8) is 0 Å². The van der Waals surface area contributed by atoms with E-state index >= 15 is 0 Å². The van der Waals surface area contributed by atoms with Crippen molar-refractivity contribution < 1.29 is 0 Å². The Morgan fingerprint density at radius 3 is 2.46 bits per heavy atom. The van der Waals surface area contributed by atoms with Gasteiger partial charge in [-0.1, -0.05) is 30.3 Å². The van der Waals surface area contributed by atoms with Crippen LogP contribution in [0.15, 0.2) is 30.3 Å². The Hall–Kier alpha value is -1.77. The van der Waals surface area contributed by atoms with Crippen molar-refractivity contribution in [2.75, 3.05) is 5.73 Å². The molecule has 13 heavy (non-hydrogen) atoms. The number of aromatic amines is 1. The molecule has 1 aromatic heterocycles. The van der Waals surface area contributed by atoms with Gasteiger partial charge in [0.15, 0.2) is 0 Å². The van der Waals surface area contributed by atoms with E-state index in [1.165, 1.54) is 0 Å². The summed E-state index contributed by atoms with van der Waals surface area (Å²) in [4.78, 5) is 7.33. The first-order chi connectivity index (χ1) is 6.27.